The number of nitrogen functional groups attached to an aromatic ring is 1. The Morgan fingerprint density at radius 3 is 2.30 bits per heavy atom. The lowest BCUT2D eigenvalue weighted by molar-refractivity contribution is 0.152. The SMILES string of the molecule is CC(C)[Si](OCC[C@H]1C[C@@H](n2cnc3c(N)ncnc32)C1)(C(C)C)C(C)C. The number of nitrogens with zero attached hydrogens (tertiary/aromatic N) is 4. The van der Waals surface area contributed by atoms with Crippen LogP contribution in [-0.2, 0) is 4.43 Å². The van der Waals surface area contributed by atoms with Crippen LogP contribution in [0.1, 0.15) is 66.8 Å². The molecule has 0 unspecified atom stereocenters. The fourth-order valence-electron chi connectivity index (χ4n) is 5.20. The van der Waals surface area contributed by atoms with Crippen LogP contribution in [0.15, 0.2) is 12.7 Å². The molecule has 0 spiro atoms. The van der Waals surface area contributed by atoms with Gasteiger partial charge in [-0.2, -0.15) is 0 Å². The van der Waals surface area contributed by atoms with Crippen molar-refractivity contribution in [2.45, 2.75) is 83.5 Å². The van der Waals surface area contributed by atoms with Gasteiger partial charge >= 0.3 is 0 Å². The van der Waals surface area contributed by atoms with Crippen LogP contribution in [-0.4, -0.2) is 34.4 Å². The predicted molar refractivity (Wildman–Crippen MR) is 113 cm³/mol. The molecule has 2 N–H and O–H groups in total. The minimum Gasteiger partial charge on any atom is -0.416 e. The molecule has 6 nitrogen and oxygen atoms in total. The monoisotopic (exact) mass is 389 g/mol. The molecule has 1 aliphatic rings. The van der Waals surface area contributed by atoms with E-state index in [4.69, 9.17) is 10.2 Å². The van der Waals surface area contributed by atoms with Crippen LogP contribution >= 0.6 is 0 Å². The average molecular weight is 390 g/mol. The highest BCUT2D eigenvalue weighted by Gasteiger charge is 2.45. The van der Waals surface area contributed by atoms with Gasteiger partial charge in [-0.05, 0) is 41.8 Å². The summed E-state index contributed by atoms with van der Waals surface area (Å²) in [5.74, 6) is 1.19. The molecule has 2 aromatic heterocycles. The highest BCUT2D eigenvalue weighted by atomic mass is 28.4. The van der Waals surface area contributed by atoms with E-state index < -0.39 is 8.32 Å². The van der Waals surface area contributed by atoms with Gasteiger partial charge in [0.15, 0.2) is 19.8 Å². The Morgan fingerprint density at radius 2 is 1.70 bits per heavy atom. The van der Waals surface area contributed by atoms with Crippen LogP contribution < -0.4 is 5.73 Å². The van der Waals surface area contributed by atoms with Gasteiger partial charge in [-0.1, -0.05) is 41.5 Å². The normalized spacial score (nSPS) is 20.8. The summed E-state index contributed by atoms with van der Waals surface area (Å²) in [6, 6.07) is 0.469. The van der Waals surface area contributed by atoms with E-state index in [9.17, 15) is 0 Å². The number of nitrogens with two attached hydrogens (primary N) is 1. The molecule has 1 fully saturated rings. The molecule has 1 saturated carbocycles. The van der Waals surface area contributed by atoms with Gasteiger partial charge in [0, 0.05) is 12.6 Å². The summed E-state index contributed by atoms with van der Waals surface area (Å²) in [7, 11) is -1.74. The second-order valence-corrected chi connectivity index (χ2v) is 14.5. The summed E-state index contributed by atoms with van der Waals surface area (Å²) < 4.78 is 8.88. The topological polar surface area (TPSA) is 78.9 Å². The molecule has 27 heavy (non-hydrogen) atoms. The predicted octanol–water partition coefficient (Wildman–Crippen LogP) is 4.94. The van der Waals surface area contributed by atoms with E-state index >= 15 is 0 Å². The number of imidazole rings is 1. The largest absolute Gasteiger partial charge is 0.416 e. The Bertz CT molecular complexity index is 745. The molecule has 2 aromatic rings. The molecule has 0 aliphatic heterocycles. The van der Waals surface area contributed by atoms with Crippen LogP contribution in [0, 0.1) is 5.92 Å². The second kappa shape index (κ2) is 7.87. The third-order valence-corrected chi connectivity index (χ3v) is 12.7. The highest BCUT2D eigenvalue weighted by Crippen LogP contribution is 2.44. The first-order valence-electron chi connectivity index (χ1n) is 10.3. The van der Waals surface area contributed by atoms with Crippen molar-refractivity contribution in [3.63, 3.8) is 0 Å². The molecule has 150 valence electrons. The van der Waals surface area contributed by atoms with Crippen LogP contribution in [0.3, 0.4) is 0 Å². The molecule has 0 saturated heterocycles. The zero-order valence-corrected chi connectivity index (χ0v) is 18.6. The van der Waals surface area contributed by atoms with Gasteiger partial charge in [-0.15, -0.1) is 0 Å². The summed E-state index contributed by atoms with van der Waals surface area (Å²) in [6.45, 7) is 15.0. The van der Waals surface area contributed by atoms with Gasteiger partial charge in [0.05, 0.1) is 6.33 Å². The number of aromatic nitrogens is 4. The second-order valence-electron chi connectivity index (χ2n) is 9.03. The van der Waals surface area contributed by atoms with E-state index in [1.54, 1.807) is 0 Å². The molecule has 1 aliphatic carbocycles. The zero-order valence-electron chi connectivity index (χ0n) is 17.6. The van der Waals surface area contributed by atoms with Crippen molar-refractivity contribution in [1.29, 1.82) is 0 Å². The van der Waals surface area contributed by atoms with Crippen LogP contribution in [0.2, 0.25) is 16.6 Å². The van der Waals surface area contributed by atoms with Crippen molar-refractivity contribution in [1.82, 2.24) is 19.5 Å². The molecule has 2 heterocycles. The minimum absolute atomic E-state index is 0.459. The van der Waals surface area contributed by atoms with Gasteiger partial charge in [0.2, 0.25) is 0 Å². The average Bonchev–Trinajstić information content (AvgIpc) is 2.97. The molecule has 3 rings (SSSR count). The third kappa shape index (κ3) is 3.63. The van der Waals surface area contributed by atoms with Crippen molar-refractivity contribution in [3.8, 4) is 0 Å². The summed E-state index contributed by atoms with van der Waals surface area (Å²) in [4.78, 5) is 12.8. The van der Waals surface area contributed by atoms with E-state index in [1.807, 2.05) is 6.33 Å². The van der Waals surface area contributed by atoms with Gasteiger partial charge in [0.25, 0.3) is 0 Å². The standard InChI is InChI=1S/C20H35N5OSi/c1-13(2)27(14(3)4,15(5)6)26-8-7-16-9-17(10-16)25-12-24-18-19(21)22-11-23-20(18)25/h11-17H,7-10H2,1-6H3,(H2,21,22,23)/t16-,17+. The Labute approximate surface area is 164 Å². The van der Waals surface area contributed by atoms with Crippen LogP contribution in [0.5, 0.6) is 0 Å². The van der Waals surface area contributed by atoms with Crippen LogP contribution in [0.25, 0.3) is 11.2 Å². The lowest BCUT2D eigenvalue weighted by Crippen LogP contribution is -2.48. The Morgan fingerprint density at radius 1 is 1.07 bits per heavy atom. The third-order valence-electron chi connectivity index (χ3n) is 6.58. The van der Waals surface area contributed by atoms with E-state index in [1.165, 1.54) is 6.33 Å². The molecule has 0 aromatic carbocycles. The summed E-state index contributed by atoms with van der Waals surface area (Å²) in [6.07, 6.45) is 6.87. The first-order chi connectivity index (χ1) is 12.8. The fraction of sp³-hybridized carbons (Fsp3) is 0.750. The fourth-order valence-corrected chi connectivity index (χ4v) is 10.7. The van der Waals surface area contributed by atoms with E-state index in [0.29, 0.717) is 34.0 Å². The van der Waals surface area contributed by atoms with Gasteiger partial charge in [0.1, 0.15) is 11.8 Å². The number of anilines is 1. The highest BCUT2D eigenvalue weighted by molar-refractivity contribution is 6.77. The molecule has 0 radical (unpaired) electrons. The lowest BCUT2D eigenvalue weighted by Gasteiger charge is -2.43. The quantitative estimate of drug-likeness (QED) is 0.647. The van der Waals surface area contributed by atoms with Crippen molar-refractivity contribution in [2.75, 3.05) is 12.3 Å². The zero-order chi connectivity index (χ0) is 19.8. The Hall–Kier alpha value is -1.47. The van der Waals surface area contributed by atoms with Crippen LogP contribution in [0.4, 0.5) is 5.82 Å². The minimum atomic E-state index is -1.74. The maximum atomic E-state index is 6.71. The number of hydrogen-bond acceptors (Lipinski definition) is 5. The first kappa shape index (κ1) is 20.3. The molecular weight excluding hydrogens is 354 g/mol. The van der Waals surface area contributed by atoms with Gasteiger partial charge in [-0.3, -0.25) is 0 Å². The molecular formula is C20H35N5OSi. The van der Waals surface area contributed by atoms with Crippen molar-refractivity contribution in [3.05, 3.63) is 12.7 Å². The number of rotatable bonds is 8. The summed E-state index contributed by atoms with van der Waals surface area (Å²) >= 11 is 0. The molecule has 0 atom stereocenters. The Balaban J connectivity index is 1.55. The maximum absolute atomic E-state index is 6.71. The van der Waals surface area contributed by atoms with E-state index in [0.717, 1.165) is 37.4 Å². The lowest BCUT2D eigenvalue weighted by atomic mass is 9.78. The van der Waals surface area contributed by atoms with Crippen molar-refractivity contribution in [2.24, 2.45) is 5.92 Å². The Kier molecular flexibility index (Phi) is 5.91. The smallest absolute Gasteiger partial charge is 0.200 e. The van der Waals surface area contributed by atoms with Crippen molar-refractivity contribution < 1.29 is 4.43 Å². The summed E-state index contributed by atoms with van der Waals surface area (Å²) in [5, 5.41) is 0. The number of hydrogen-bond donors (Lipinski definition) is 1. The van der Waals surface area contributed by atoms with E-state index in [-0.39, 0.29) is 0 Å². The van der Waals surface area contributed by atoms with Gasteiger partial charge < -0.3 is 14.7 Å². The first-order valence-corrected chi connectivity index (χ1v) is 12.5. The molecule has 7 heteroatoms. The van der Waals surface area contributed by atoms with Gasteiger partial charge in [-0.25, -0.2) is 15.0 Å². The van der Waals surface area contributed by atoms with E-state index in [2.05, 4.69) is 61.1 Å². The molecule has 0 amide bonds. The van der Waals surface area contributed by atoms with Crippen molar-refractivity contribution >= 4 is 25.3 Å². The maximum Gasteiger partial charge on any atom is 0.200 e. The molecule has 0 bridgehead atoms. The number of fused-ring (bicyclic) bond motifs is 1. The summed E-state index contributed by atoms with van der Waals surface area (Å²) in [5.41, 5.74) is 9.41.